The Morgan fingerprint density at radius 2 is 2.29 bits per heavy atom. The van der Waals surface area contributed by atoms with Crippen molar-refractivity contribution >= 4 is 0 Å². The fraction of sp³-hybridized carbons (Fsp3) is 1.00. The highest BCUT2D eigenvalue weighted by Crippen LogP contribution is 2.38. The molecule has 2 atom stereocenters. The largest absolute Gasteiger partial charge is 0.385 e. The van der Waals surface area contributed by atoms with Crippen molar-refractivity contribution in [2.75, 3.05) is 46.9 Å². The molecule has 2 aliphatic rings. The quantitative estimate of drug-likeness (QED) is 0.689. The van der Waals surface area contributed by atoms with E-state index in [9.17, 15) is 0 Å². The summed E-state index contributed by atoms with van der Waals surface area (Å²) in [6, 6.07) is 0.694. The lowest BCUT2D eigenvalue weighted by Gasteiger charge is -2.42. The summed E-state index contributed by atoms with van der Waals surface area (Å²) in [6.07, 6.45) is 5.00. The van der Waals surface area contributed by atoms with Gasteiger partial charge in [0.25, 0.3) is 0 Å². The molecule has 2 fully saturated rings. The molecule has 0 aromatic heterocycles. The van der Waals surface area contributed by atoms with Gasteiger partial charge in [-0.1, -0.05) is 0 Å². The lowest BCUT2D eigenvalue weighted by molar-refractivity contribution is 0.0794. The van der Waals surface area contributed by atoms with E-state index in [0.717, 1.165) is 26.1 Å². The fourth-order valence-electron chi connectivity index (χ4n) is 3.71. The van der Waals surface area contributed by atoms with E-state index >= 15 is 0 Å². The number of rotatable bonds is 6. The molecule has 2 rings (SSSR count). The molecule has 2 saturated heterocycles. The standard InChI is InChI=1S/C13H27N3O/c1-15(7-4-10-17-2)13(11-14)6-9-16-8-3-5-12(13)16/h12H,3-11,14H2,1-2H3. The minimum Gasteiger partial charge on any atom is -0.385 e. The summed E-state index contributed by atoms with van der Waals surface area (Å²) in [5.41, 5.74) is 6.36. The first-order chi connectivity index (χ1) is 8.24. The van der Waals surface area contributed by atoms with E-state index < -0.39 is 0 Å². The molecule has 0 aromatic rings. The third-order valence-electron chi connectivity index (χ3n) is 4.77. The average Bonchev–Trinajstić information content (AvgIpc) is 2.90. The molecule has 2 aliphatic heterocycles. The summed E-state index contributed by atoms with van der Waals surface area (Å²) < 4.78 is 5.14. The van der Waals surface area contributed by atoms with Gasteiger partial charge in [0.05, 0.1) is 0 Å². The number of nitrogens with two attached hydrogens (primary N) is 1. The molecule has 17 heavy (non-hydrogen) atoms. The first kappa shape index (κ1) is 13.3. The highest BCUT2D eigenvalue weighted by Gasteiger charge is 2.50. The zero-order valence-electron chi connectivity index (χ0n) is 11.3. The van der Waals surface area contributed by atoms with Gasteiger partial charge in [-0.3, -0.25) is 9.80 Å². The van der Waals surface area contributed by atoms with Crippen LogP contribution in [0.25, 0.3) is 0 Å². The minimum atomic E-state index is 0.226. The van der Waals surface area contributed by atoms with E-state index in [2.05, 4.69) is 16.8 Å². The van der Waals surface area contributed by atoms with E-state index in [4.69, 9.17) is 10.5 Å². The highest BCUT2D eigenvalue weighted by molar-refractivity contribution is 5.09. The van der Waals surface area contributed by atoms with Crippen LogP contribution in [0, 0.1) is 0 Å². The van der Waals surface area contributed by atoms with Crippen LogP contribution in [0.15, 0.2) is 0 Å². The van der Waals surface area contributed by atoms with Gasteiger partial charge in [-0.05, 0) is 39.3 Å². The van der Waals surface area contributed by atoms with Crippen LogP contribution >= 0.6 is 0 Å². The van der Waals surface area contributed by atoms with Crippen LogP contribution in [0.1, 0.15) is 25.7 Å². The smallest absolute Gasteiger partial charge is 0.0496 e. The van der Waals surface area contributed by atoms with Crippen LogP contribution in [0.2, 0.25) is 0 Å². The molecule has 0 bridgehead atoms. The van der Waals surface area contributed by atoms with Crippen LogP contribution in [-0.4, -0.2) is 68.3 Å². The lowest BCUT2D eigenvalue weighted by atomic mass is 9.87. The first-order valence-electron chi connectivity index (χ1n) is 6.89. The number of hydrogen-bond acceptors (Lipinski definition) is 4. The maximum absolute atomic E-state index is 6.13. The van der Waals surface area contributed by atoms with Gasteiger partial charge < -0.3 is 10.5 Å². The molecule has 0 saturated carbocycles. The summed E-state index contributed by atoms with van der Waals surface area (Å²) >= 11 is 0. The van der Waals surface area contributed by atoms with Gasteiger partial charge >= 0.3 is 0 Å². The van der Waals surface area contributed by atoms with Crippen molar-refractivity contribution in [2.45, 2.75) is 37.3 Å². The Balaban J connectivity index is 1.98. The second-order valence-corrected chi connectivity index (χ2v) is 5.52. The second kappa shape index (κ2) is 5.65. The van der Waals surface area contributed by atoms with E-state index in [1.54, 1.807) is 7.11 Å². The topological polar surface area (TPSA) is 41.7 Å². The van der Waals surface area contributed by atoms with Gasteiger partial charge in [0.15, 0.2) is 0 Å². The number of fused-ring (bicyclic) bond motifs is 1. The van der Waals surface area contributed by atoms with E-state index in [1.165, 1.54) is 32.4 Å². The summed E-state index contributed by atoms with van der Waals surface area (Å²) in [7, 11) is 4.01. The predicted molar refractivity (Wildman–Crippen MR) is 70.1 cm³/mol. The zero-order chi connectivity index (χ0) is 12.3. The van der Waals surface area contributed by atoms with E-state index in [0.29, 0.717) is 6.04 Å². The monoisotopic (exact) mass is 241 g/mol. The normalized spacial score (nSPS) is 33.5. The molecule has 2 heterocycles. The minimum absolute atomic E-state index is 0.226. The summed E-state index contributed by atoms with van der Waals surface area (Å²) in [6.45, 7) is 5.24. The summed E-state index contributed by atoms with van der Waals surface area (Å²) in [5, 5.41) is 0. The second-order valence-electron chi connectivity index (χ2n) is 5.52. The Bertz CT molecular complexity index is 249. The molecule has 0 amide bonds. The Labute approximate surface area is 105 Å². The van der Waals surface area contributed by atoms with Gasteiger partial charge in [-0.15, -0.1) is 0 Å². The number of hydrogen-bond donors (Lipinski definition) is 1. The van der Waals surface area contributed by atoms with Crippen molar-refractivity contribution in [3.8, 4) is 0 Å². The maximum atomic E-state index is 6.13. The van der Waals surface area contributed by atoms with Crippen LogP contribution in [0.3, 0.4) is 0 Å². The number of likely N-dealkylation sites (N-methyl/N-ethyl adjacent to an activating group) is 1. The van der Waals surface area contributed by atoms with Gasteiger partial charge in [0, 0.05) is 44.9 Å². The SMILES string of the molecule is COCCCN(C)C1(CN)CCN2CCCC21. The molecule has 4 nitrogen and oxygen atoms in total. The molecular formula is C13H27N3O. The molecule has 100 valence electrons. The molecule has 0 aromatic carbocycles. The highest BCUT2D eigenvalue weighted by atomic mass is 16.5. The summed E-state index contributed by atoms with van der Waals surface area (Å²) in [5.74, 6) is 0. The summed E-state index contributed by atoms with van der Waals surface area (Å²) in [4.78, 5) is 5.14. The Morgan fingerprint density at radius 3 is 3.00 bits per heavy atom. The molecule has 2 N–H and O–H groups in total. The van der Waals surface area contributed by atoms with Gasteiger partial charge in [0.2, 0.25) is 0 Å². The van der Waals surface area contributed by atoms with Crippen molar-refractivity contribution in [3.05, 3.63) is 0 Å². The molecular weight excluding hydrogens is 214 g/mol. The Morgan fingerprint density at radius 1 is 1.47 bits per heavy atom. The predicted octanol–water partition coefficient (Wildman–Crippen LogP) is 0.520. The number of ether oxygens (including phenoxy) is 1. The number of nitrogens with zero attached hydrogens (tertiary/aromatic N) is 2. The molecule has 0 spiro atoms. The van der Waals surface area contributed by atoms with Crippen LogP contribution < -0.4 is 5.73 Å². The average molecular weight is 241 g/mol. The van der Waals surface area contributed by atoms with Gasteiger partial charge in [-0.25, -0.2) is 0 Å². The third kappa shape index (κ3) is 2.36. The van der Waals surface area contributed by atoms with Gasteiger partial charge in [0.1, 0.15) is 0 Å². The Hall–Kier alpha value is -0.160. The van der Waals surface area contributed by atoms with Crippen molar-refractivity contribution in [1.29, 1.82) is 0 Å². The molecule has 0 radical (unpaired) electrons. The van der Waals surface area contributed by atoms with Crippen molar-refractivity contribution in [1.82, 2.24) is 9.80 Å². The van der Waals surface area contributed by atoms with Crippen molar-refractivity contribution in [2.24, 2.45) is 5.73 Å². The maximum Gasteiger partial charge on any atom is 0.0496 e. The van der Waals surface area contributed by atoms with Crippen molar-refractivity contribution in [3.63, 3.8) is 0 Å². The fourth-order valence-corrected chi connectivity index (χ4v) is 3.71. The third-order valence-corrected chi connectivity index (χ3v) is 4.77. The Kier molecular flexibility index (Phi) is 4.42. The van der Waals surface area contributed by atoms with Crippen LogP contribution in [-0.2, 0) is 4.74 Å². The molecule has 4 heteroatoms. The molecule has 0 aliphatic carbocycles. The molecule has 2 unspecified atom stereocenters. The van der Waals surface area contributed by atoms with E-state index in [-0.39, 0.29) is 5.54 Å². The van der Waals surface area contributed by atoms with Crippen molar-refractivity contribution < 1.29 is 4.74 Å². The van der Waals surface area contributed by atoms with Gasteiger partial charge in [-0.2, -0.15) is 0 Å². The lowest BCUT2D eigenvalue weighted by Crippen LogP contribution is -2.58. The zero-order valence-corrected chi connectivity index (χ0v) is 11.3. The van der Waals surface area contributed by atoms with Crippen LogP contribution in [0.4, 0.5) is 0 Å². The first-order valence-corrected chi connectivity index (χ1v) is 6.89. The van der Waals surface area contributed by atoms with E-state index in [1.807, 2.05) is 0 Å². The van der Waals surface area contributed by atoms with Crippen LogP contribution in [0.5, 0.6) is 0 Å². The number of methoxy groups -OCH3 is 1.